The minimum atomic E-state index is -0.289. The normalized spacial score (nSPS) is 28.4. The molecule has 1 aromatic rings. The third-order valence-electron chi connectivity index (χ3n) is 4.15. The average molecular weight is 262 g/mol. The highest BCUT2D eigenvalue weighted by atomic mass is 16.6. The lowest BCUT2D eigenvalue weighted by Crippen LogP contribution is -2.23. The van der Waals surface area contributed by atoms with Crippen LogP contribution in [0.5, 0.6) is 5.75 Å². The van der Waals surface area contributed by atoms with Crippen molar-refractivity contribution in [3.63, 3.8) is 0 Å². The Balaban J connectivity index is 1.59. The van der Waals surface area contributed by atoms with Gasteiger partial charge >= 0.3 is 0 Å². The molecule has 0 spiro atoms. The summed E-state index contributed by atoms with van der Waals surface area (Å²) in [5.74, 6) is 0.890. The monoisotopic (exact) mass is 262 g/mol. The molecule has 0 bridgehead atoms. The number of hydrogen-bond acceptors (Lipinski definition) is 3. The van der Waals surface area contributed by atoms with Crippen LogP contribution in [-0.2, 0) is 11.2 Å². The Bertz CT molecular complexity index is 467. The van der Waals surface area contributed by atoms with Crippen molar-refractivity contribution in [1.82, 2.24) is 0 Å². The lowest BCUT2D eigenvalue weighted by molar-refractivity contribution is -0.0326. The van der Waals surface area contributed by atoms with Crippen LogP contribution >= 0.6 is 0 Å². The fourth-order valence-corrected chi connectivity index (χ4v) is 3.05. The topological polar surface area (TPSA) is 38.7 Å². The van der Waals surface area contributed by atoms with E-state index in [9.17, 15) is 5.11 Å². The summed E-state index contributed by atoms with van der Waals surface area (Å²) in [7, 11) is 0. The van der Waals surface area contributed by atoms with Gasteiger partial charge in [-0.25, -0.2) is 0 Å². The molecule has 2 atom stereocenters. The third-order valence-corrected chi connectivity index (χ3v) is 4.15. The molecule has 104 valence electrons. The maximum Gasteiger partial charge on any atom is 0.119 e. The lowest BCUT2D eigenvalue weighted by atomic mass is 10.1. The van der Waals surface area contributed by atoms with Crippen LogP contribution in [0.3, 0.4) is 0 Å². The molecule has 1 aromatic carbocycles. The molecule has 1 aliphatic heterocycles. The van der Waals surface area contributed by atoms with Crippen LogP contribution in [-0.4, -0.2) is 23.4 Å². The Morgan fingerprint density at radius 1 is 1.37 bits per heavy atom. The number of benzene rings is 1. The van der Waals surface area contributed by atoms with Crippen LogP contribution < -0.4 is 4.74 Å². The van der Waals surface area contributed by atoms with Gasteiger partial charge in [0.2, 0.25) is 0 Å². The number of rotatable bonds is 3. The smallest absolute Gasteiger partial charge is 0.119 e. The molecule has 3 rings (SSSR count). The third kappa shape index (κ3) is 2.77. The van der Waals surface area contributed by atoms with Crippen molar-refractivity contribution in [3.8, 4) is 5.75 Å². The minimum absolute atomic E-state index is 0.00390. The number of hydrogen-bond donors (Lipinski definition) is 1. The van der Waals surface area contributed by atoms with E-state index in [1.807, 2.05) is 12.1 Å². The van der Waals surface area contributed by atoms with Gasteiger partial charge in [-0.3, -0.25) is 0 Å². The molecule has 0 aromatic heterocycles. The number of aliphatic hydroxyl groups excluding tert-OH is 1. The number of fused-ring (bicyclic) bond motifs is 1. The Kier molecular flexibility index (Phi) is 3.27. The van der Waals surface area contributed by atoms with Crippen LogP contribution in [0.4, 0.5) is 0 Å². The van der Waals surface area contributed by atoms with Crippen molar-refractivity contribution >= 4 is 0 Å². The first-order valence-electron chi connectivity index (χ1n) is 7.15. The highest BCUT2D eigenvalue weighted by molar-refractivity contribution is 5.39. The summed E-state index contributed by atoms with van der Waals surface area (Å²) >= 11 is 0. The standard InChI is InChI=1S/C16H22O3/c1-16(2)8-7-13(19-16)10-18-12-4-5-14-11(9-12)3-6-15(14)17/h4-5,9,13,15,17H,3,6-8,10H2,1-2H3/t13?,15-/m0/s1. The van der Waals surface area contributed by atoms with Crippen LogP contribution in [0.1, 0.15) is 50.3 Å². The predicted octanol–water partition coefficient (Wildman–Crippen LogP) is 3.00. The Labute approximate surface area is 114 Å². The summed E-state index contributed by atoms with van der Waals surface area (Å²) in [6.45, 7) is 4.87. The second-order valence-electron chi connectivity index (χ2n) is 6.26. The summed E-state index contributed by atoms with van der Waals surface area (Å²) in [4.78, 5) is 0. The SMILES string of the molecule is CC1(C)CCC(COc2ccc3c(c2)CC[C@@H]3O)O1. The fourth-order valence-electron chi connectivity index (χ4n) is 3.05. The van der Waals surface area contributed by atoms with E-state index in [4.69, 9.17) is 9.47 Å². The Morgan fingerprint density at radius 2 is 2.21 bits per heavy atom. The number of ether oxygens (including phenoxy) is 2. The zero-order valence-electron chi connectivity index (χ0n) is 11.7. The summed E-state index contributed by atoms with van der Waals surface area (Å²) in [5, 5.41) is 9.77. The molecule has 1 heterocycles. The molecular weight excluding hydrogens is 240 g/mol. The molecule has 0 amide bonds. The zero-order valence-corrected chi connectivity index (χ0v) is 11.7. The quantitative estimate of drug-likeness (QED) is 0.910. The van der Waals surface area contributed by atoms with E-state index >= 15 is 0 Å². The average Bonchev–Trinajstić information content (AvgIpc) is 2.90. The van der Waals surface area contributed by atoms with Crippen molar-refractivity contribution in [2.24, 2.45) is 0 Å². The van der Waals surface area contributed by atoms with Crippen molar-refractivity contribution in [2.45, 2.75) is 57.3 Å². The van der Waals surface area contributed by atoms with Crippen molar-refractivity contribution in [1.29, 1.82) is 0 Å². The molecule has 2 aliphatic rings. The van der Waals surface area contributed by atoms with E-state index in [0.717, 1.165) is 37.0 Å². The highest BCUT2D eigenvalue weighted by Gasteiger charge is 2.32. The van der Waals surface area contributed by atoms with Gasteiger partial charge in [0, 0.05) is 0 Å². The van der Waals surface area contributed by atoms with E-state index in [0.29, 0.717) is 6.61 Å². The molecule has 3 heteroatoms. The van der Waals surface area contributed by atoms with E-state index < -0.39 is 0 Å². The van der Waals surface area contributed by atoms with Gasteiger partial charge in [0.15, 0.2) is 0 Å². The molecule has 19 heavy (non-hydrogen) atoms. The van der Waals surface area contributed by atoms with Gasteiger partial charge in [0.25, 0.3) is 0 Å². The largest absolute Gasteiger partial charge is 0.491 e. The lowest BCUT2D eigenvalue weighted by Gasteiger charge is -2.19. The first kappa shape index (κ1) is 12.9. The van der Waals surface area contributed by atoms with Crippen LogP contribution in [0.25, 0.3) is 0 Å². The van der Waals surface area contributed by atoms with Crippen molar-refractivity contribution < 1.29 is 14.6 Å². The first-order valence-corrected chi connectivity index (χ1v) is 7.15. The van der Waals surface area contributed by atoms with Gasteiger partial charge in [-0.2, -0.15) is 0 Å². The molecule has 1 N–H and O–H groups in total. The molecule has 0 saturated carbocycles. The van der Waals surface area contributed by atoms with Gasteiger partial charge in [-0.05, 0) is 62.8 Å². The summed E-state index contributed by atoms with van der Waals surface area (Å²) in [6.07, 6.45) is 3.85. The van der Waals surface area contributed by atoms with Gasteiger partial charge in [-0.1, -0.05) is 6.07 Å². The maximum atomic E-state index is 9.77. The molecule has 3 nitrogen and oxygen atoms in total. The van der Waals surface area contributed by atoms with E-state index in [1.54, 1.807) is 0 Å². The molecule has 1 unspecified atom stereocenters. The van der Waals surface area contributed by atoms with Gasteiger partial charge in [-0.15, -0.1) is 0 Å². The number of aliphatic hydroxyl groups is 1. The molecule has 1 aliphatic carbocycles. The summed E-state index contributed by atoms with van der Waals surface area (Å²) in [5.41, 5.74) is 2.28. The van der Waals surface area contributed by atoms with Crippen molar-refractivity contribution in [2.75, 3.05) is 6.61 Å². The van der Waals surface area contributed by atoms with E-state index in [1.165, 1.54) is 5.56 Å². The van der Waals surface area contributed by atoms with Gasteiger partial charge in [0.1, 0.15) is 12.4 Å². The Morgan fingerprint density at radius 3 is 2.95 bits per heavy atom. The Hall–Kier alpha value is -1.06. The van der Waals surface area contributed by atoms with E-state index in [2.05, 4.69) is 19.9 Å². The minimum Gasteiger partial charge on any atom is -0.491 e. The second kappa shape index (κ2) is 4.80. The van der Waals surface area contributed by atoms with E-state index in [-0.39, 0.29) is 17.8 Å². The zero-order chi connectivity index (χ0) is 13.5. The second-order valence-corrected chi connectivity index (χ2v) is 6.26. The van der Waals surface area contributed by atoms with Crippen LogP contribution in [0, 0.1) is 0 Å². The fraction of sp³-hybridized carbons (Fsp3) is 0.625. The predicted molar refractivity (Wildman–Crippen MR) is 73.4 cm³/mol. The molecular formula is C16H22O3. The summed E-state index contributed by atoms with van der Waals surface area (Å²) in [6, 6.07) is 6.00. The summed E-state index contributed by atoms with van der Waals surface area (Å²) < 4.78 is 11.8. The van der Waals surface area contributed by atoms with Crippen LogP contribution in [0.15, 0.2) is 18.2 Å². The van der Waals surface area contributed by atoms with Gasteiger partial charge in [0.05, 0.1) is 17.8 Å². The highest BCUT2D eigenvalue weighted by Crippen LogP contribution is 2.34. The maximum absolute atomic E-state index is 9.77. The van der Waals surface area contributed by atoms with Crippen molar-refractivity contribution in [3.05, 3.63) is 29.3 Å². The molecule has 0 radical (unpaired) electrons. The number of aryl methyl sites for hydroxylation is 1. The van der Waals surface area contributed by atoms with Gasteiger partial charge < -0.3 is 14.6 Å². The first-order chi connectivity index (χ1) is 9.03. The molecule has 1 saturated heterocycles. The molecule has 1 fully saturated rings. The van der Waals surface area contributed by atoms with Crippen LogP contribution in [0.2, 0.25) is 0 Å².